The van der Waals surface area contributed by atoms with Crippen molar-refractivity contribution in [3.63, 3.8) is 0 Å². The van der Waals surface area contributed by atoms with E-state index < -0.39 is 9.84 Å². The first-order valence-electron chi connectivity index (χ1n) is 11.1. The zero-order valence-electron chi connectivity index (χ0n) is 19.1. The summed E-state index contributed by atoms with van der Waals surface area (Å²) < 4.78 is 30.1. The molecule has 4 aromatic carbocycles. The van der Waals surface area contributed by atoms with Gasteiger partial charge in [-0.1, -0.05) is 61.0 Å². The second kappa shape index (κ2) is 10.8. The smallest absolute Gasteiger partial charge is 0.228 e. The number of nitrogens with one attached hydrogen (secondary N) is 1. The topological polar surface area (TPSA) is 72.5 Å². The predicted octanol–water partition coefficient (Wildman–Crippen LogP) is 6.77. The third kappa shape index (κ3) is 6.29. The van der Waals surface area contributed by atoms with Crippen LogP contribution in [0.1, 0.15) is 12.5 Å². The molecule has 178 valence electrons. The minimum atomic E-state index is -3.27. The van der Waals surface area contributed by atoms with Gasteiger partial charge in [0.05, 0.1) is 17.1 Å². The third-order valence-electron chi connectivity index (χ3n) is 5.42. The number of sulfone groups is 1. The van der Waals surface area contributed by atoms with Gasteiger partial charge in [0.25, 0.3) is 0 Å². The number of benzene rings is 4. The number of hydrogen-bond donors (Lipinski definition) is 1. The fourth-order valence-electron chi connectivity index (χ4n) is 3.54. The summed E-state index contributed by atoms with van der Waals surface area (Å²) in [5.41, 5.74) is 3.17. The van der Waals surface area contributed by atoms with Gasteiger partial charge in [-0.2, -0.15) is 0 Å². The quantitative estimate of drug-likeness (QED) is 0.286. The Balaban J connectivity index is 1.54. The molecule has 0 fully saturated rings. The van der Waals surface area contributed by atoms with Crippen LogP contribution in [0.2, 0.25) is 5.02 Å². The van der Waals surface area contributed by atoms with E-state index in [2.05, 4.69) is 5.32 Å². The Morgan fingerprint density at radius 3 is 2.23 bits per heavy atom. The van der Waals surface area contributed by atoms with Crippen LogP contribution in [-0.4, -0.2) is 20.1 Å². The van der Waals surface area contributed by atoms with Crippen molar-refractivity contribution >= 4 is 33.0 Å². The van der Waals surface area contributed by atoms with Crippen LogP contribution in [0.25, 0.3) is 11.1 Å². The molecule has 0 saturated carbocycles. The Morgan fingerprint density at radius 1 is 0.886 bits per heavy atom. The average Bonchev–Trinajstić information content (AvgIpc) is 2.86. The molecule has 0 heterocycles. The molecule has 7 heteroatoms. The highest BCUT2D eigenvalue weighted by Gasteiger charge is 2.13. The van der Waals surface area contributed by atoms with Crippen molar-refractivity contribution in [3.05, 3.63) is 108 Å². The van der Waals surface area contributed by atoms with E-state index in [0.717, 1.165) is 16.7 Å². The molecular formula is C28H24ClNO4S. The minimum absolute atomic E-state index is 0.0340. The molecule has 0 bridgehead atoms. The lowest BCUT2D eigenvalue weighted by atomic mass is 10.0. The molecule has 4 rings (SSSR count). The zero-order chi connectivity index (χ0) is 24.8. The number of ether oxygens (including phenoxy) is 1. The maximum Gasteiger partial charge on any atom is 0.228 e. The van der Waals surface area contributed by atoms with Crippen molar-refractivity contribution in [2.45, 2.75) is 18.2 Å². The minimum Gasteiger partial charge on any atom is -0.457 e. The Hall–Kier alpha value is -3.61. The number of carbonyl (C=O) groups is 1. The number of hydrogen-bond acceptors (Lipinski definition) is 4. The molecule has 0 aromatic heterocycles. The lowest BCUT2D eigenvalue weighted by molar-refractivity contribution is -0.115. The molecule has 0 aliphatic carbocycles. The summed E-state index contributed by atoms with van der Waals surface area (Å²) in [6.07, 6.45) is 0.111. The van der Waals surface area contributed by atoms with Crippen molar-refractivity contribution in [2.75, 3.05) is 11.1 Å². The van der Waals surface area contributed by atoms with Gasteiger partial charge >= 0.3 is 0 Å². The molecule has 0 spiro atoms. The van der Waals surface area contributed by atoms with E-state index >= 15 is 0 Å². The van der Waals surface area contributed by atoms with Gasteiger partial charge in [-0.25, -0.2) is 8.42 Å². The second-order valence-corrected chi connectivity index (χ2v) is 10.6. The number of anilines is 1. The SMILES string of the molecule is CCS(=O)(=O)c1ccc(CC(=O)Nc2ccc(-c3ccccc3)c(Oc3ccc(Cl)cc3)c2)cc1. The number of carbonyl (C=O) groups excluding carboxylic acids is 1. The van der Waals surface area contributed by atoms with Crippen LogP contribution in [0.15, 0.2) is 102 Å². The van der Waals surface area contributed by atoms with Crippen molar-refractivity contribution < 1.29 is 17.9 Å². The fourth-order valence-corrected chi connectivity index (χ4v) is 4.55. The Bertz CT molecular complexity index is 1420. The van der Waals surface area contributed by atoms with Gasteiger partial charge in [-0.05, 0) is 59.7 Å². The van der Waals surface area contributed by atoms with Crippen LogP contribution >= 0.6 is 11.6 Å². The van der Waals surface area contributed by atoms with Crippen LogP contribution in [-0.2, 0) is 21.1 Å². The maximum absolute atomic E-state index is 12.7. The molecule has 1 N–H and O–H groups in total. The Labute approximate surface area is 210 Å². The van der Waals surface area contributed by atoms with E-state index in [1.54, 1.807) is 49.4 Å². The van der Waals surface area contributed by atoms with Gasteiger partial charge in [0, 0.05) is 22.3 Å². The van der Waals surface area contributed by atoms with Gasteiger partial charge in [-0.3, -0.25) is 4.79 Å². The van der Waals surface area contributed by atoms with Gasteiger partial charge < -0.3 is 10.1 Å². The number of amides is 1. The van der Waals surface area contributed by atoms with Crippen molar-refractivity contribution in [2.24, 2.45) is 0 Å². The summed E-state index contributed by atoms with van der Waals surface area (Å²) in [7, 11) is -3.27. The summed E-state index contributed by atoms with van der Waals surface area (Å²) in [4.78, 5) is 13.0. The second-order valence-electron chi connectivity index (χ2n) is 7.91. The molecule has 1 amide bonds. The molecule has 35 heavy (non-hydrogen) atoms. The average molecular weight is 506 g/mol. The number of halogens is 1. The summed E-state index contributed by atoms with van der Waals surface area (Å²) in [6, 6.07) is 28.8. The zero-order valence-corrected chi connectivity index (χ0v) is 20.6. The monoisotopic (exact) mass is 505 g/mol. The van der Waals surface area contributed by atoms with Gasteiger partial charge in [0.1, 0.15) is 11.5 Å². The van der Waals surface area contributed by atoms with Crippen LogP contribution in [0.3, 0.4) is 0 Å². The molecule has 0 aliphatic heterocycles. The molecule has 0 radical (unpaired) electrons. The van der Waals surface area contributed by atoms with Crippen LogP contribution < -0.4 is 10.1 Å². The van der Waals surface area contributed by atoms with E-state index in [4.69, 9.17) is 16.3 Å². The molecule has 0 unspecified atom stereocenters. The first-order valence-corrected chi connectivity index (χ1v) is 13.1. The largest absolute Gasteiger partial charge is 0.457 e. The molecule has 0 saturated heterocycles. The molecular weight excluding hydrogens is 482 g/mol. The van der Waals surface area contributed by atoms with Crippen LogP contribution in [0, 0.1) is 0 Å². The predicted molar refractivity (Wildman–Crippen MR) is 140 cm³/mol. The van der Waals surface area contributed by atoms with Gasteiger partial charge in [0.15, 0.2) is 9.84 Å². The maximum atomic E-state index is 12.7. The highest BCUT2D eigenvalue weighted by molar-refractivity contribution is 7.91. The lowest BCUT2D eigenvalue weighted by Crippen LogP contribution is -2.14. The lowest BCUT2D eigenvalue weighted by Gasteiger charge is -2.14. The van der Waals surface area contributed by atoms with Crippen molar-refractivity contribution in [1.29, 1.82) is 0 Å². The molecule has 4 aromatic rings. The normalized spacial score (nSPS) is 11.1. The van der Waals surface area contributed by atoms with Gasteiger partial charge in [0.2, 0.25) is 5.91 Å². The fraction of sp³-hybridized carbons (Fsp3) is 0.107. The van der Waals surface area contributed by atoms with Crippen LogP contribution in [0.5, 0.6) is 11.5 Å². The first kappa shape index (κ1) is 24.5. The Kier molecular flexibility index (Phi) is 7.54. The standard InChI is InChI=1S/C28H24ClNO4S/c1-2-35(32,33)25-15-8-20(9-16-25)18-28(31)30-23-12-17-26(21-6-4-3-5-7-21)27(19-23)34-24-13-10-22(29)11-14-24/h3-17,19H,2,18H2,1H3,(H,30,31). The third-order valence-corrected chi connectivity index (χ3v) is 7.42. The van der Waals surface area contributed by atoms with E-state index in [1.807, 2.05) is 42.5 Å². The van der Waals surface area contributed by atoms with E-state index in [0.29, 0.717) is 22.2 Å². The Morgan fingerprint density at radius 2 is 1.57 bits per heavy atom. The summed E-state index contributed by atoms with van der Waals surface area (Å²) in [6.45, 7) is 1.60. The van der Waals surface area contributed by atoms with Crippen LogP contribution in [0.4, 0.5) is 5.69 Å². The summed E-state index contributed by atoms with van der Waals surface area (Å²) >= 11 is 6.00. The molecule has 0 atom stereocenters. The molecule has 0 aliphatic rings. The van der Waals surface area contributed by atoms with E-state index in [9.17, 15) is 13.2 Å². The van der Waals surface area contributed by atoms with Crippen molar-refractivity contribution in [1.82, 2.24) is 0 Å². The first-order chi connectivity index (χ1) is 16.8. The molecule has 5 nitrogen and oxygen atoms in total. The van der Waals surface area contributed by atoms with Crippen molar-refractivity contribution in [3.8, 4) is 22.6 Å². The highest BCUT2D eigenvalue weighted by atomic mass is 35.5. The number of rotatable bonds is 8. The summed E-state index contributed by atoms with van der Waals surface area (Å²) in [5.74, 6) is 1.02. The van der Waals surface area contributed by atoms with E-state index in [-0.39, 0.29) is 23.0 Å². The van der Waals surface area contributed by atoms with E-state index in [1.165, 1.54) is 12.1 Å². The van der Waals surface area contributed by atoms with Gasteiger partial charge in [-0.15, -0.1) is 0 Å². The highest BCUT2D eigenvalue weighted by Crippen LogP contribution is 2.36. The summed E-state index contributed by atoms with van der Waals surface area (Å²) in [5, 5.41) is 3.52.